The summed E-state index contributed by atoms with van der Waals surface area (Å²) in [6.45, 7) is 0.770. The Bertz CT molecular complexity index is 375. The van der Waals surface area contributed by atoms with E-state index in [0.29, 0.717) is 5.92 Å². The first-order valence-corrected chi connectivity index (χ1v) is 8.29. The molecule has 1 fully saturated rings. The maximum Gasteiger partial charge on any atom is 0.122 e. The number of alkyl halides is 1. The van der Waals surface area contributed by atoms with E-state index in [1.807, 2.05) is 12.1 Å². The van der Waals surface area contributed by atoms with Gasteiger partial charge < -0.3 is 4.74 Å². The summed E-state index contributed by atoms with van der Waals surface area (Å²) in [4.78, 5) is 0. The Labute approximate surface area is 123 Å². The molecule has 1 aromatic carbocycles. The van der Waals surface area contributed by atoms with Crippen LogP contribution in [-0.4, -0.2) is 11.9 Å². The molecule has 3 heteroatoms. The van der Waals surface area contributed by atoms with E-state index in [-0.39, 0.29) is 0 Å². The predicted molar refractivity (Wildman–Crippen MR) is 81.2 cm³/mol. The molecule has 1 nitrogen and oxygen atoms in total. The average molecular weight is 332 g/mol. The van der Waals surface area contributed by atoms with Crippen LogP contribution in [-0.2, 0) is 0 Å². The lowest BCUT2D eigenvalue weighted by Crippen LogP contribution is -2.08. The standard InChI is InChI=1S/C15H20BrClO/c16-9-4-10-18-15-8-7-13(17)11-14(15)12-5-2-1-3-6-12/h7-8,11-12H,1-6,9-10H2. The van der Waals surface area contributed by atoms with Gasteiger partial charge in [-0.15, -0.1) is 0 Å². The summed E-state index contributed by atoms with van der Waals surface area (Å²) >= 11 is 9.56. The van der Waals surface area contributed by atoms with Crippen molar-refractivity contribution in [1.82, 2.24) is 0 Å². The maximum atomic E-state index is 6.13. The van der Waals surface area contributed by atoms with Gasteiger partial charge in [-0.1, -0.05) is 46.8 Å². The van der Waals surface area contributed by atoms with Gasteiger partial charge in [0.05, 0.1) is 6.61 Å². The van der Waals surface area contributed by atoms with Crippen LogP contribution in [0.5, 0.6) is 5.75 Å². The highest BCUT2D eigenvalue weighted by Crippen LogP contribution is 2.38. The average Bonchev–Trinajstić information content (AvgIpc) is 2.41. The van der Waals surface area contributed by atoms with Crippen LogP contribution in [0.1, 0.15) is 50.0 Å². The van der Waals surface area contributed by atoms with Gasteiger partial charge in [0.15, 0.2) is 0 Å². The molecule has 0 heterocycles. The second-order valence-corrected chi connectivity index (χ2v) is 6.14. The van der Waals surface area contributed by atoms with Crippen molar-refractivity contribution in [2.45, 2.75) is 44.4 Å². The first kappa shape index (κ1) is 14.2. The van der Waals surface area contributed by atoms with Crippen molar-refractivity contribution in [2.24, 2.45) is 0 Å². The molecule has 0 N–H and O–H groups in total. The van der Waals surface area contributed by atoms with E-state index in [9.17, 15) is 0 Å². The highest BCUT2D eigenvalue weighted by Gasteiger charge is 2.19. The molecule has 0 bridgehead atoms. The normalized spacial score (nSPS) is 16.8. The fraction of sp³-hybridized carbons (Fsp3) is 0.600. The van der Waals surface area contributed by atoms with Crippen molar-refractivity contribution in [3.05, 3.63) is 28.8 Å². The van der Waals surface area contributed by atoms with E-state index >= 15 is 0 Å². The molecule has 100 valence electrons. The summed E-state index contributed by atoms with van der Waals surface area (Å²) in [5.74, 6) is 1.67. The Morgan fingerprint density at radius 3 is 2.72 bits per heavy atom. The van der Waals surface area contributed by atoms with Crippen LogP contribution in [0, 0.1) is 0 Å². The van der Waals surface area contributed by atoms with Crippen molar-refractivity contribution in [3.63, 3.8) is 0 Å². The minimum Gasteiger partial charge on any atom is -0.493 e. The molecule has 0 spiro atoms. The van der Waals surface area contributed by atoms with Gasteiger partial charge >= 0.3 is 0 Å². The fourth-order valence-electron chi connectivity index (χ4n) is 2.62. The van der Waals surface area contributed by atoms with E-state index < -0.39 is 0 Å². The lowest BCUT2D eigenvalue weighted by atomic mass is 9.84. The summed E-state index contributed by atoms with van der Waals surface area (Å²) in [6, 6.07) is 6.05. The van der Waals surface area contributed by atoms with Crippen LogP contribution in [0.15, 0.2) is 18.2 Å². The first-order valence-electron chi connectivity index (χ1n) is 6.79. The fourth-order valence-corrected chi connectivity index (χ4v) is 3.03. The highest BCUT2D eigenvalue weighted by atomic mass is 79.9. The zero-order valence-corrected chi connectivity index (χ0v) is 13.0. The summed E-state index contributed by atoms with van der Waals surface area (Å²) in [5.41, 5.74) is 1.32. The zero-order valence-electron chi connectivity index (χ0n) is 10.6. The van der Waals surface area contributed by atoms with Crippen LogP contribution in [0.2, 0.25) is 5.02 Å². The van der Waals surface area contributed by atoms with Crippen molar-refractivity contribution in [1.29, 1.82) is 0 Å². The number of benzene rings is 1. The van der Waals surface area contributed by atoms with Crippen LogP contribution in [0.25, 0.3) is 0 Å². The number of ether oxygens (including phenoxy) is 1. The SMILES string of the molecule is Clc1ccc(OCCCBr)c(C2CCCCC2)c1. The molecule has 2 rings (SSSR count). The monoisotopic (exact) mass is 330 g/mol. The van der Waals surface area contributed by atoms with Gasteiger partial charge in [0, 0.05) is 10.4 Å². The Balaban J connectivity index is 2.11. The molecular weight excluding hydrogens is 312 g/mol. The molecule has 0 unspecified atom stereocenters. The molecular formula is C15H20BrClO. The van der Waals surface area contributed by atoms with Crippen molar-refractivity contribution in [2.75, 3.05) is 11.9 Å². The van der Waals surface area contributed by atoms with Crippen LogP contribution < -0.4 is 4.74 Å². The Morgan fingerprint density at radius 2 is 2.00 bits per heavy atom. The Kier molecular flexibility index (Phi) is 5.84. The van der Waals surface area contributed by atoms with Gasteiger partial charge in [-0.2, -0.15) is 0 Å². The van der Waals surface area contributed by atoms with E-state index in [1.165, 1.54) is 37.7 Å². The summed E-state index contributed by atoms with van der Waals surface area (Å²) in [6.07, 6.45) is 7.61. The molecule has 1 aromatic rings. The molecule has 0 radical (unpaired) electrons. The first-order chi connectivity index (χ1) is 8.81. The van der Waals surface area contributed by atoms with E-state index in [0.717, 1.165) is 29.1 Å². The second-order valence-electron chi connectivity index (χ2n) is 4.91. The summed E-state index contributed by atoms with van der Waals surface area (Å²) < 4.78 is 5.90. The molecule has 0 aromatic heterocycles. The van der Waals surface area contributed by atoms with E-state index in [4.69, 9.17) is 16.3 Å². The van der Waals surface area contributed by atoms with Gasteiger partial charge in [0.25, 0.3) is 0 Å². The van der Waals surface area contributed by atoms with Gasteiger partial charge in [-0.05, 0) is 48.9 Å². The quantitative estimate of drug-likeness (QED) is 0.507. The second kappa shape index (κ2) is 7.40. The lowest BCUT2D eigenvalue weighted by Gasteiger charge is -2.24. The minimum atomic E-state index is 0.636. The molecule has 18 heavy (non-hydrogen) atoms. The van der Waals surface area contributed by atoms with Crippen LogP contribution >= 0.6 is 27.5 Å². The number of hydrogen-bond donors (Lipinski definition) is 0. The molecule has 1 saturated carbocycles. The Morgan fingerprint density at radius 1 is 1.22 bits per heavy atom. The minimum absolute atomic E-state index is 0.636. The summed E-state index contributed by atoms with van der Waals surface area (Å²) in [5, 5.41) is 1.81. The maximum absolute atomic E-state index is 6.13. The van der Waals surface area contributed by atoms with Crippen LogP contribution in [0.4, 0.5) is 0 Å². The molecule has 0 atom stereocenters. The number of hydrogen-bond acceptors (Lipinski definition) is 1. The van der Waals surface area contributed by atoms with E-state index in [1.54, 1.807) is 0 Å². The van der Waals surface area contributed by atoms with Crippen LogP contribution in [0.3, 0.4) is 0 Å². The lowest BCUT2D eigenvalue weighted by molar-refractivity contribution is 0.309. The largest absolute Gasteiger partial charge is 0.493 e. The Hall–Kier alpha value is -0.210. The van der Waals surface area contributed by atoms with Gasteiger partial charge in [0.2, 0.25) is 0 Å². The molecule has 1 aliphatic carbocycles. The number of rotatable bonds is 5. The predicted octanol–water partition coefficient (Wildman–Crippen LogP) is 5.55. The molecule has 0 saturated heterocycles. The molecule has 0 amide bonds. The van der Waals surface area contributed by atoms with Crippen molar-refractivity contribution >= 4 is 27.5 Å². The third-order valence-electron chi connectivity index (χ3n) is 3.55. The highest BCUT2D eigenvalue weighted by molar-refractivity contribution is 9.09. The van der Waals surface area contributed by atoms with E-state index in [2.05, 4.69) is 22.0 Å². The van der Waals surface area contributed by atoms with Crippen molar-refractivity contribution < 1.29 is 4.74 Å². The molecule has 1 aliphatic rings. The molecule has 0 aliphatic heterocycles. The van der Waals surface area contributed by atoms with Gasteiger partial charge in [-0.3, -0.25) is 0 Å². The third-order valence-corrected chi connectivity index (χ3v) is 4.35. The van der Waals surface area contributed by atoms with Gasteiger partial charge in [0.1, 0.15) is 5.75 Å². The summed E-state index contributed by atoms with van der Waals surface area (Å²) in [7, 11) is 0. The zero-order chi connectivity index (χ0) is 12.8. The topological polar surface area (TPSA) is 9.23 Å². The van der Waals surface area contributed by atoms with Gasteiger partial charge in [-0.25, -0.2) is 0 Å². The van der Waals surface area contributed by atoms with Crippen molar-refractivity contribution in [3.8, 4) is 5.75 Å². The number of halogens is 2. The smallest absolute Gasteiger partial charge is 0.122 e. The third kappa shape index (κ3) is 3.89.